The summed E-state index contributed by atoms with van der Waals surface area (Å²) >= 11 is 1.44. The quantitative estimate of drug-likeness (QED) is 0.387. The van der Waals surface area contributed by atoms with Crippen LogP contribution in [0.15, 0.2) is 53.9 Å². The predicted octanol–water partition coefficient (Wildman–Crippen LogP) is 5.38. The average Bonchev–Trinajstić information content (AvgIpc) is 3.07. The summed E-state index contributed by atoms with van der Waals surface area (Å²) in [6.07, 6.45) is 10.7. The number of pyridine rings is 1. The topological polar surface area (TPSA) is 72.7 Å². The molecule has 4 rings (SSSR count). The van der Waals surface area contributed by atoms with Gasteiger partial charge in [-0.1, -0.05) is 69.5 Å². The number of amides is 1. The van der Waals surface area contributed by atoms with Crippen molar-refractivity contribution in [2.45, 2.75) is 69.5 Å². The maximum absolute atomic E-state index is 12.7. The van der Waals surface area contributed by atoms with E-state index in [1.54, 1.807) is 12.4 Å². The Hall–Kier alpha value is -2.67. The summed E-state index contributed by atoms with van der Waals surface area (Å²) in [6, 6.07) is 12.5. The molecule has 1 amide bonds. The standard InChI is InChI=1S/C25H31N5OS/c1-18(2)21-13-7-8-14-22(21)30-24(19-10-9-15-26-16-19)28-29-25(30)32-17-23(31)27-20-11-5-3-4-6-12-20/h7-10,13-16,18,20H,3-6,11-12,17H2,1-2H3,(H,27,31). The first-order valence-corrected chi connectivity index (χ1v) is 12.5. The lowest BCUT2D eigenvalue weighted by molar-refractivity contribution is -0.119. The highest BCUT2D eigenvalue weighted by Gasteiger charge is 2.21. The van der Waals surface area contributed by atoms with Gasteiger partial charge in [-0.3, -0.25) is 14.3 Å². The van der Waals surface area contributed by atoms with Crippen molar-refractivity contribution in [3.63, 3.8) is 0 Å². The monoisotopic (exact) mass is 449 g/mol. The lowest BCUT2D eigenvalue weighted by atomic mass is 10.0. The number of nitrogens with zero attached hydrogens (tertiary/aromatic N) is 4. The normalized spacial score (nSPS) is 15.0. The van der Waals surface area contributed by atoms with Crippen molar-refractivity contribution in [3.05, 3.63) is 54.4 Å². The second-order valence-electron chi connectivity index (χ2n) is 8.64. The summed E-state index contributed by atoms with van der Waals surface area (Å²) in [5, 5.41) is 12.9. The number of para-hydroxylation sites is 1. The molecule has 1 aliphatic rings. The molecule has 6 nitrogen and oxygen atoms in total. The first-order chi connectivity index (χ1) is 15.6. The fraction of sp³-hybridized carbons (Fsp3) is 0.440. The number of rotatable bonds is 7. The van der Waals surface area contributed by atoms with E-state index in [4.69, 9.17) is 0 Å². The van der Waals surface area contributed by atoms with Crippen LogP contribution in [0.25, 0.3) is 17.1 Å². The number of nitrogens with one attached hydrogen (secondary N) is 1. The molecule has 0 aliphatic heterocycles. The Morgan fingerprint density at radius 2 is 1.88 bits per heavy atom. The van der Waals surface area contributed by atoms with E-state index in [0.29, 0.717) is 22.9 Å². The summed E-state index contributed by atoms with van der Waals surface area (Å²) in [4.78, 5) is 17.0. The van der Waals surface area contributed by atoms with Crippen molar-refractivity contribution in [2.24, 2.45) is 0 Å². The Morgan fingerprint density at radius 3 is 2.59 bits per heavy atom. The predicted molar refractivity (Wildman–Crippen MR) is 129 cm³/mol. The van der Waals surface area contributed by atoms with Gasteiger partial charge in [0.1, 0.15) is 0 Å². The van der Waals surface area contributed by atoms with Crippen molar-refractivity contribution in [1.82, 2.24) is 25.1 Å². The van der Waals surface area contributed by atoms with Gasteiger partial charge in [0.15, 0.2) is 11.0 Å². The van der Waals surface area contributed by atoms with E-state index in [0.717, 1.165) is 29.9 Å². The maximum atomic E-state index is 12.7. The van der Waals surface area contributed by atoms with E-state index in [1.807, 2.05) is 18.2 Å². The van der Waals surface area contributed by atoms with Gasteiger partial charge < -0.3 is 5.32 Å². The number of hydrogen-bond acceptors (Lipinski definition) is 5. The second kappa shape index (κ2) is 10.8. The van der Waals surface area contributed by atoms with Crippen LogP contribution in [0.3, 0.4) is 0 Å². The summed E-state index contributed by atoms with van der Waals surface area (Å²) < 4.78 is 2.07. The zero-order chi connectivity index (χ0) is 22.3. The van der Waals surface area contributed by atoms with Gasteiger partial charge in [-0.05, 0) is 42.5 Å². The van der Waals surface area contributed by atoms with Gasteiger partial charge in [0.05, 0.1) is 11.4 Å². The summed E-state index contributed by atoms with van der Waals surface area (Å²) in [5.74, 6) is 1.46. The van der Waals surface area contributed by atoms with Gasteiger partial charge in [0, 0.05) is 24.0 Å². The zero-order valence-corrected chi connectivity index (χ0v) is 19.6. The highest BCUT2D eigenvalue weighted by molar-refractivity contribution is 7.99. The molecule has 3 aromatic rings. The van der Waals surface area contributed by atoms with Crippen LogP contribution >= 0.6 is 11.8 Å². The van der Waals surface area contributed by atoms with E-state index < -0.39 is 0 Å². The molecule has 0 radical (unpaired) electrons. The van der Waals surface area contributed by atoms with Crippen LogP contribution in [0.5, 0.6) is 0 Å². The Labute approximate surface area is 194 Å². The number of aromatic nitrogens is 4. The van der Waals surface area contributed by atoms with E-state index in [2.05, 4.69) is 57.1 Å². The molecular formula is C25H31N5OS. The molecule has 0 atom stereocenters. The number of hydrogen-bond donors (Lipinski definition) is 1. The molecule has 2 heterocycles. The van der Waals surface area contributed by atoms with Crippen LogP contribution in [0.4, 0.5) is 0 Å². The van der Waals surface area contributed by atoms with Gasteiger partial charge >= 0.3 is 0 Å². The number of thioether (sulfide) groups is 1. The van der Waals surface area contributed by atoms with E-state index in [-0.39, 0.29) is 5.91 Å². The van der Waals surface area contributed by atoms with Crippen LogP contribution in [0.1, 0.15) is 63.9 Å². The number of carbonyl (C=O) groups excluding carboxylic acids is 1. The molecule has 1 N–H and O–H groups in total. The lowest BCUT2D eigenvalue weighted by Gasteiger charge is -2.18. The third kappa shape index (κ3) is 5.38. The van der Waals surface area contributed by atoms with Crippen LogP contribution < -0.4 is 5.32 Å². The fourth-order valence-electron chi connectivity index (χ4n) is 4.27. The van der Waals surface area contributed by atoms with Crippen molar-refractivity contribution in [2.75, 3.05) is 5.75 Å². The lowest BCUT2D eigenvalue weighted by Crippen LogP contribution is -2.35. The molecule has 0 spiro atoms. The van der Waals surface area contributed by atoms with Crippen molar-refractivity contribution in [1.29, 1.82) is 0 Å². The van der Waals surface area contributed by atoms with Crippen molar-refractivity contribution < 1.29 is 4.79 Å². The van der Waals surface area contributed by atoms with Gasteiger partial charge in [-0.25, -0.2) is 0 Å². The third-order valence-corrected chi connectivity index (χ3v) is 6.83. The fourth-order valence-corrected chi connectivity index (χ4v) is 5.02. The Kier molecular flexibility index (Phi) is 7.58. The van der Waals surface area contributed by atoms with Crippen LogP contribution in [0.2, 0.25) is 0 Å². The number of benzene rings is 1. The Balaban J connectivity index is 1.60. The van der Waals surface area contributed by atoms with Gasteiger partial charge in [0.2, 0.25) is 5.91 Å². The molecule has 7 heteroatoms. The molecule has 1 fully saturated rings. The Morgan fingerprint density at radius 1 is 1.09 bits per heavy atom. The van der Waals surface area contributed by atoms with E-state index in [1.165, 1.54) is 43.0 Å². The molecule has 32 heavy (non-hydrogen) atoms. The highest BCUT2D eigenvalue weighted by Crippen LogP contribution is 2.32. The van der Waals surface area contributed by atoms with Gasteiger partial charge in [-0.2, -0.15) is 0 Å². The van der Waals surface area contributed by atoms with Gasteiger partial charge in [-0.15, -0.1) is 10.2 Å². The summed E-state index contributed by atoms with van der Waals surface area (Å²) in [7, 11) is 0. The Bertz CT molecular complexity index is 1030. The molecule has 1 aromatic carbocycles. The first-order valence-electron chi connectivity index (χ1n) is 11.5. The zero-order valence-electron chi connectivity index (χ0n) is 18.8. The maximum Gasteiger partial charge on any atom is 0.230 e. The SMILES string of the molecule is CC(C)c1ccccc1-n1c(SCC(=O)NC2CCCCCC2)nnc1-c1cccnc1. The largest absolute Gasteiger partial charge is 0.353 e. The van der Waals surface area contributed by atoms with E-state index in [9.17, 15) is 4.79 Å². The highest BCUT2D eigenvalue weighted by atomic mass is 32.2. The first kappa shape index (κ1) is 22.5. The van der Waals surface area contributed by atoms with Crippen LogP contribution in [-0.2, 0) is 4.79 Å². The second-order valence-corrected chi connectivity index (χ2v) is 9.58. The molecule has 2 aromatic heterocycles. The third-order valence-electron chi connectivity index (χ3n) is 5.91. The molecule has 0 saturated heterocycles. The average molecular weight is 450 g/mol. The van der Waals surface area contributed by atoms with Crippen LogP contribution in [0, 0.1) is 0 Å². The molecule has 168 valence electrons. The van der Waals surface area contributed by atoms with Crippen molar-refractivity contribution >= 4 is 17.7 Å². The van der Waals surface area contributed by atoms with Gasteiger partial charge in [0.25, 0.3) is 0 Å². The molecular weight excluding hydrogens is 418 g/mol. The minimum Gasteiger partial charge on any atom is -0.353 e. The summed E-state index contributed by atoms with van der Waals surface area (Å²) in [6.45, 7) is 4.36. The van der Waals surface area contributed by atoms with E-state index >= 15 is 0 Å². The molecule has 0 bridgehead atoms. The number of carbonyl (C=O) groups is 1. The van der Waals surface area contributed by atoms with Crippen molar-refractivity contribution in [3.8, 4) is 17.1 Å². The molecule has 1 aliphatic carbocycles. The summed E-state index contributed by atoms with van der Waals surface area (Å²) in [5.41, 5.74) is 3.15. The van der Waals surface area contributed by atoms with Crippen LogP contribution in [-0.4, -0.2) is 37.5 Å². The minimum atomic E-state index is 0.0662. The smallest absolute Gasteiger partial charge is 0.230 e. The minimum absolute atomic E-state index is 0.0662. The molecule has 1 saturated carbocycles. The molecule has 0 unspecified atom stereocenters.